The number of piperidine rings is 1. The number of likely N-dealkylation sites (tertiary alicyclic amines) is 1. The van der Waals surface area contributed by atoms with E-state index in [1.54, 1.807) is 29.4 Å². The zero-order valence-electron chi connectivity index (χ0n) is 11.5. The quantitative estimate of drug-likeness (QED) is 0.889. The molecule has 2 N–H and O–H groups in total. The van der Waals surface area contributed by atoms with Gasteiger partial charge >= 0.3 is 0 Å². The van der Waals surface area contributed by atoms with Crippen molar-refractivity contribution < 1.29 is 9.59 Å². The van der Waals surface area contributed by atoms with Crippen molar-refractivity contribution in [1.29, 1.82) is 0 Å². The molecular formula is C15H16N4O2. The summed E-state index contributed by atoms with van der Waals surface area (Å²) in [4.78, 5) is 34.0. The number of primary amides is 1. The fraction of sp³-hybridized carbons (Fsp3) is 0.333. The van der Waals surface area contributed by atoms with Crippen LogP contribution in [0.25, 0.3) is 11.0 Å². The molecule has 0 bridgehead atoms. The topological polar surface area (TPSA) is 89.2 Å². The Labute approximate surface area is 122 Å². The average molecular weight is 284 g/mol. The summed E-state index contributed by atoms with van der Waals surface area (Å²) in [7, 11) is 0. The third-order valence-corrected chi connectivity index (χ3v) is 3.91. The maximum atomic E-state index is 12.6. The summed E-state index contributed by atoms with van der Waals surface area (Å²) < 4.78 is 0. The Kier molecular flexibility index (Phi) is 3.51. The molecule has 0 radical (unpaired) electrons. The van der Waals surface area contributed by atoms with E-state index in [-0.39, 0.29) is 17.7 Å². The van der Waals surface area contributed by atoms with Crippen molar-refractivity contribution in [2.45, 2.75) is 12.8 Å². The molecule has 0 atom stereocenters. The van der Waals surface area contributed by atoms with E-state index in [2.05, 4.69) is 9.97 Å². The highest BCUT2D eigenvalue weighted by molar-refractivity contribution is 6.04. The van der Waals surface area contributed by atoms with Crippen LogP contribution in [0, 0.1) is 5.92 Å². The number of para-hydroxylation sites is 1. The Morgan fingerprint density at radius 3 is 2.57 bits per heavy atom. The zero-order chi connectivity index (χ0) is 14.8. The van der Waals surface area contributed by atoms with E-state index in [1.165, 1.54) is 0 Å². The molecule has 6 nitrogen and oxygen atoms in total. The average Bonchev–Trinajstić information content (AvgIpc) is 2.53. The number of nitrogens with two attached hydrogens (primary N) is 1. The van der Waals surface area contributed by atoms with Crippen LogP contribution in [0.5, 0.6) is 0 Å². The van der Waals surface area contributed by atoms with Gasteiger partial charge in [-0.1, -0.05) is 6.07 Å². The van der Waals surface area contributed by atoms with Gasteiger partial charge in [-0.3, -0.25) is 19.6 Å². The van der Waals surface area contributed by atoms with Gasteiger partial charge in [0.2, 0.25) is 5.91 Å². The molecular weight excluding hydrogens is 268 g/mol. The molecule has 1 aromatic heterocycles. The number of hydrogen-bond acceptors (Lipinski definition) is 4. The summed E-state index contributed by atoms with van der Waals surface area (Å²) in [5, 5.41) is 0. The van der Waals surface area contributed by atoms with E-state index in [4.69, 9.17) is 5.73 Å². The van der Waals surface area contributed by atoms with Crippen molar-refractivity contribution in [3.8, 4) is 0 Å². The van der Waals surface area contributed by atoms with Gasteiger partial charge in [-0.25, -0.2) is 0 Å². The minimum Gasteiger partial charge on any atom is -0.369 e. The Bertz CT molecular complexity index is 688. The summed E-state index contributed by atoms with van der Waals surface area (Å²) >= 11 is 0. The van der Waals surface area contributed by atoms with Crippen LogP contribution in [0.15, 0.2) is 30.6 Å². The van der Waals surface area contributed by atoms with E-state index < -0.39 is 0 Å². The highest BCUT2D eigenvalue weighted by Gasteiger charge is 2.27. The Hall–Kier alpha value is -2.50. The van der Waals surface area contributed by atoms with Crippen LogP contribution < -0.4 is 5.73 Å². The first kappa shape index (κ1) is 13.5. The fourth-order valence-corrected chi connectivity index (χ4v) is 2.70. The van der Waals surface area contributed by atoms with Crippen LogP contribution in [-0.4, -0.2) is 39.8 Å². The SMILES string of the molecule is NC(=O)C1CCN(C(=O)c2cccc3nccnc23)CC1. The first-order chi connectivity index (χ1) is 10.2. The number of nitrogens with zero attached hydrogens (tertiary/aromatic N) is 3. The lowest BCUT2D eigenvalue weighted by Gasteiger charge is -2.30. The van der Waals surface area contributed by atoms with Crippen LogP contribution in [0.3, 0.4) is 0 Å². The predicted octanol–water partition coefficient (Wildman–Crippen LogP) is 0.967. The van der Waals surface area contributed by atoms with Crippen molar-refractivity contribution >= 4 is 22.8 Å². The van der Waals surface area contributed by atoms with Crippen LogP contribution in [0.4, 0.5) is 0 Å². The van der Waals surface area contributed by atoms with Crippen molar-refractivity contribution in [1.82, 2.24) is 14.9 Å². The van der Waals surface area contributed by atoms with Gasteiger partial charge < -0.3 is 10.6 Å². The molecule has 1 aromatic carbocycles. The van der Waals surface area contributed by atoms with Crippen LogP contribution >= 0.6 is 0 Å². The lowest BCUT2D eigenvalue weighted by Crippen LogP contribution is -2.41. The minimum atomic E-state index is -0.280. The Morgan fingerprint density at radius 2 is 1.86 bits per heavy atom. The number of fused-ring (bicyclic) bond motifs is 1. The van der Waals surface area contributed by atoms with E-state index in [0.717, 1.165) is 0 Å². The fourth-order valence-electron chi connectivity index (χ4n) is 2.70. The number of amides is 2. The third kappa shape index (κ3) is 2.56. The monoisotopic (exact) mass is 284 g/mol. The first-order valence-electron chi connectivity index (χ1n) is 6.95. The van der Waals surface area contributed by atoms with Gasteiger partial charge in [0.1, 0.15) is 5.52 Å². The normalized spacial score (nSPS) is 16.1. The number of carbonyl (C=O) groups excluding carboxylic acids is 2. The molecule has 0 unspecified atom stereocenters. The smallest absolute Gasteiger partial charge is 0.256 e. The molecule has 2 heterocycles. The summed E-state index contributed by atoms with van der Waals surface area (Å²) in [5.74, 6) is -0.469. The predicted molar refractivity (Wildman–Crippen MR) is 77.4 cm³/mol. The molecule has 1 aliphatic heterocycles. The second-order valence-electron chi connectivity index (χ2n) is 5.20. The maximum absolute atomic E-state index is 12.6. The maximum Gasteiger partial charge on any atom is 0.256 e. The van der Waals surface area contributed by atoms with Gasteiger partial charge in [0, 0.05) is 31.4 Å². The van der Waals surface area contributed by atoms with Crippen LogP contribution in [0.2, 0.25) is 0 Å². The van der Waals surface area contributed by atoms with Crippen molar-refractivity contribution in [3.63, 3.8) is 0 Å². The second-order valence-corrected chi connectivity index (χ2v) is 5.20. The molecule has 0 saturated carbocycles. The highest BCUT2D eigenvalue weighted by atomic mass is 16.2. The van der Waals surface area contributed by atoms with Crippen LogP contribution in [-0.2, 0) is 4.79 Å². The lowest BCUT2D eigenvalue weighted by atomic mass is 9.96. The zero-order valence-corrected chi connectivity index (χ0v) is 11.5. The third-order valence-electron chi connectivity index (χ3n) is 3.91. The molecule has 0 aliphatic carbocycles. The van der Waals surface area contributed by atoms with E-state index >= 15 is 0 Å². The number of carbonyl (C=O) groups is 2. The molecule has 1 saturated heterocycles. The van der Waals surface area contributed by atoms with Crippen molar-refractivity contribution in [2.75, 3.05) is 13.1 Å². The molecule has 1 aliphatic rings. The van der Waals surface area contributed by atoms with Gasteiger partial charge in [0.25, 0.3) is 5.91 Å². The minimum absolute atomic E-state index is 0.0657. The largest absolute Gasteiger partial charge is 0.369 e. The second kappa shape index (κ2) is 5.47. The number of hydrogen-bond donors (Lipinski definition) is 1. The molecule has 3 rings (SSSR count). The van der Waals surface area contributed by atoms with Crippen LogP contribution in [0.1, 0.15) is 23.2 Å². The highest BCUT2D eigenvalue weighted by Crippen LogP contribution is 2.21. The van der Waals surface area contributed by atoms with Gasteiger partial charge in [-0.15, -0.1) is 0 Å². The summed E-state index contributed by atoms with van der Waals surface area (Å²) in [6.45, 7) is 1.09. The molecule has 21 heavy (non-hydrogen) atoms. The molecule has 2 amide bonds. The van der Waals surface area contributed by atoms with E-state index in [0.29, 0.717) is 42.5 Å². The number of benzene rings is 1. The summed E-state index contributed by atoms with van der Waals surface area (Å²) in [6, 6.07) is 5.40. The Balaban J connectivity index is 1.84. The standard InChI is InChI=1S/C15H16N4O2/c16-14(20)10-4-8-19(9-5-10)15(21)11-2-1-3-12-13(11)18-7-6-17-12/h1-3,6-7,10H,4-5,8-9H2,(H2,16,20). The van der Waals surface area contributed by atoms with Gasteiger partial charge in [-0.2, -0.15) is 0 Å². The van der Waals surface area contributed by atoms with Gasteiger partial charge in [-0.05, 0) is 25.0 Å². The summed E-state index contributed by atoms with van der Waals surface area (Å²) in [5.41, 5.74) is 7.18. The van der Waals surface area contributed by atoms with Crippen molar-refractivity contribution in [2.24, 2.45) is 11.7 Å². The molecule has 108 valence electrons. The van der Waals surface area contributed by atoms with E-state index in [1.807, 2.05) is 6.07 Å². The van der Waals surface area contributed by atoms with E-state index in [9.17, 15) is 9.59 Å². The molecule has 0 spiro atoms. The molecule has 6 heteroatoms. The Morgan fingerprint density at radius 1 is 1.14 bits per heavy atom. The molecule has 2 aromatic rings. The first-order valence-corrected chi connectivity index (χ1v) is 6.95. The molecule has 1 fully saturated rings. The lowest BCUT2D eigenvalue weighted by molar-refractivity contribution is -0.123. The van der Waals surface area contributed by atoms with Crippen molar-refractivity contribution in [3.05, 3.63) is 36.2 Å². The number of aromatic nitrogens is 2. The van der Waals surface area contributed by atoms with Gasteiger partial charge in [0.05, 0.1) is 11.1 Å². The van der Waals surface area contributed by atoms with Gasteiger partial charge in [0.15, 0.2) is 0 Å². The summed E-state index contributed by atoms with van der Waals surface area (Å²) in [6.07, 6.45) is 4.43. The number of rotatable bonds is 2.